The van der Waals surface area contributed by atoms with E-state index >= 15 is 0 Å². The molecular formula is C12H13ClN2S. The normalized spacial score (nSPS) is 10.6. The van der Waals surface area contributed by atoms with Gasteiger partial charge in [-0.25, -0.2) is 4.98 Å². The van der Waals surface area contributed by atoms with Crippen molar-refractivity contribution < 1.29 is 0 Å². The summed E-state index contributed by atoms with van der Waals surface area (Å²) in [6.07, 6.45) is 1.92. The van der Waals surface area contributed by atoms with Crippen molar-refractivity contribution in [1.29, 1.82) is 0 Å². The average Bonchev–Trinajstić information content (AvgIpc) is 2.64. The summed E-state index contributed by atoms with van der Waals surface area (Å²) in [5, 5.41) is 5.27. The summed E-state index contributed by atoms with van der Waals surface area (Å²) < 4.78 is 0. The maximum atomic E-state index is 5.91. The molecule has 4 heteroatoms. The molecule has 0 saturated carbocycles. The number of hydrogen-bond acceptors (Lipinski definition) is 3. The highest BCUT2D eigenvalue weighted by molar-refractivity contribution is 7.11. The molecule has 0 atom stereocenters. The van der Waals surface area contributed by atoms with Crippen molar-refractivity contribution in [3.05, 3.63) is 50.9 Å². The summed E-state index contributed by atoms with van der Waals surface area (Å²) in [5.74, 6) is 0. The summed E-state index contributed by atoms with van der Waals surface area (Å²) >= 11 is 7.63. The zero-order chi connectivity index (χ0) is 11.4. The molecule has 84 valence electrons. The minimum Gasteiger partial charge on any atom is -0.308 e. The number of thiazole rings is 1. The Balaban J connectivity index is 1.84. The number of halogens is 1. The third-order valence-corrected chi connectivity index (χ3v) is 3.33. The number of hydrogen-bond donors (Lipinski definition) is 1. The molecule has 0 spiro atoms. The first-order valence-electron chi connectivity index (χ1n) is 5.10. The first-order valence-corrected chi connectivity index (χ1v) is 6.30. The van der Waals surface area contributed by atoms with Gasteiger partial charge >= 0.3 is 0 Å². The van der Waals surface area contributed by atoms with E-state index in [0.717, 1.165) is 23.1 Å². The molecule has 0 amide bonds. The van der Waals surface area contributed by atoms with Crippen molar-refractivity contribution in [1.82, 2.24) is 10.3 Å². The van der Waals surface area contributed by atoms with Crippen molar-refractivity contribution in [3.8, 4) is 0 Å². The highest BCUT2D eigenvalue weighted by atomic mass is 35.5. The quantitative estimate of drug-likeness (QED) is 0.902. The monoisotopic (exact) mass is 252 g/mol. The lowest BCUT2D eigenvalue weighted by molar-refractivity contribution is 0.700. The Labute approximate surface area is 104 Å². The van der Waals surface area contributed by atoms with Crippen LogP contribution in [-0.2, 0) is 13.1 Å². The van der Waals surface area contributed by atoms with E-state index in [-0.39, 0.29) is 0 Å². The van der Waals surface area contributed by atoms with Crippen LogP contribution in [-0.4, -0.2) is 4.98 Å². The predicted octanol–water partition coefficient (Wildman–Crippen LogP) is 3.39. The SMILES string of the molecule is Cc1ncc(CNCc2cccc(Cl)c2)s1. The number of nitrogens with one attached hydrogen (secondary N) is 1. The van der Waals surface area contributed by atoms with E-state index in [2.05, 4.69) is 16.4 Å². The fourth-order valence-corrected chi connectivity index (χ4v) is 2.44. The van der Waals surface area contributed by atoms with Gasteiger partial charge < -0.3 is 5.32 Å². The van der Waals surface area contributed by atoms with Crippen LogP contribution in [0.3, 0.4) is 0 Å². The first kappa shape index (κ1) is 11.6. The zero-order valence-electron chi connectivity index (χ0n) is 9.03. The van der Waals surface area contributed by atoms with Gasteiger partial charge in [-0.3, -0.25) is 0 Å². The van der Waals surface area contributed by atoms with E-state index in [1.165, 1.54) is 10.4 Å². The average molecular weight is 253 g/mol. The Bertz CT molecular complexity index is 468. The van der Waals surface area contributed by atoms with E-state index in [0.29, 0.717) is 0 Å². The molecule has 0 unspecified atom stereocenters. The van der Waals surface area contributed by atoms with E-state index in [9.17, 15) is 0 Å². The van der Waals surface area contributed by atoms with Crippen LogP contribution < -0.4 is 5.32 Å². The molecule has 0 fully saturated rings. The van der Waals surface area contributed by atoms with Crippen LogP contribution in [0.25, 0.3) is 0 Å². The molecule has 1 heterocycles. The molecule has 2 nitrogen and oxygen atoms in total. The van der Waals surface area contributed by atoms with Crippen LogP contribution in [0.4, 0.5) is 0 Å². The van der Waals surface area contributed by atoms with Gasteiger partial charge in [0.15, 0.2) is 0 Å². The fraction of sp³-hybridized carbons (Fsp3) is 0.250. The molecule has 0 aliphatic heterocycles. The van der Waals surface area contributed by atoms with Crippen molar-refractivity contribution >= 4 is 22.9 Å². The highest BCUT2D eigenvalue weighted by Crippen LogP contribution is 2.12. The standard InChI is InChI=1S/C12H13ClN2S/c1-9-15-8-12(16-9)7-14-6-10-3-2-4-11(13)5-10/h2-5,8,14H,6-7H2,1H3. The van der Waals surface area contributed by atoms with Crippen LogP contribution in [0.5, 0.6) is 0 Å². The summed E-state index contributed by atoms with van der Waals surface area (Å²) in [6, 6.07) is 7.90. The van der Waals surface area contributed by atoms with Crippen molar-refractivity contribution in [2.75, 3.05) is 0 Å². The Morgan fingerprint density at radius 3 is 2.94 bits per heavy atom. The van der Waals surface area contributed by atoms with Gasteiger partial charge in [-0.05, 0) is 24.6 Å². The number of benzene rings is 1. The fourth-order valence-electron chi connectivity index (χ4n) is 1.46. The van der Waals surface area contributed by atoms with Gasteiger partial charge in [0.2, 0.25) is 0 Å². The van der Waals surface area contributed by atoms with Gasteiger partial charge in [-0.15, -0.1) is 11.3 Å². The summed E-state index contributed by atoms with van der Waals surface area (Å²) in [5.41, 5.74) is 1.20. The van der Waals surface area contributed by atoms with Gasteiger partial charge in [0, 0.05) is 29.2 Å². The molecule has 0 aliphatic carbocycles. The van der Waals surface area contributed by atoms with Crippen molar-refractivity contribution in [3.63, 3.8) is 0 Å². The number of rotatable bonds is 4. The molecule has 2 aromatic rings. The Hall–Kier alpha value is -0.900. The van der Waals surface area contributed by atoms with Gasteiger partial charge in [-0.1, -0.05) is 23.7 Å². The lowest BCUT2D eigenvalue weighted by atomic mass is 10.2. The van der Waals surface area contributed by atoms with Gasteiger partial charge in [0.25, 0.3) is 0 Å². The first-order chi connectivity index (χ1) is 7.74. The third kappa shape index (κ3) is 3.30. The van der Waals surface area contributed by atoms with Crippen LogP contribution >= 0.6 is 22.9 Å². The van der Waals surface area contributed by atoms with Crippen molar-refractivity contribution in [2.24, 2.45) is 0 Å². The number of aryl methyl sites for hydroxylation is 1. The van der Waals surface area contributed by atoms with E-state index < -0.39 is 0 Å². The topological polar surface area (TPSA) is 24.9 Å². The van der Waals surface area contributed by atoms with E-state index in [4.69, 9.17) is 11.6 Å². The highest BCUT2D eigenvalue weighted by Gasteiger charge is 1.98. The van der Waals surface area contributed by atoms with E-state index in [1.54, 1.807) is 11.3 Å². The summed E-state index contributed by atoms with van der Waals surface area (Å²) in [4.78, 5) is 5.48. The Kier molecular flexibility index (Phi) is 3.93. The van der Waals surface area contributed by atoms with Crippen LogP contribution in [0.15, 0.2) is 30.5 Å². The van der Waals surface area contributed by atoms with Crippen LogP contribution in [0.2, 0.25) is 5.02 Å². The molecule has 0 bridgehead atoms. The predicted molar refractivity (Wildman–Crippen MR) is 68.8 cm³/mol. The van der Waals surface area contributed by atoms with Gasteiger partial charge in [-0.2, -0.15) is 0 Å². The Morgan fingerprint density at radius 1 is 1.38 bits per heavy atom. The van der Waals surface area contributed by atoms with Gasteiger partial charge in [0.1, 0.15) is 0 Å². The van der Waals surface area contributed by atoms with E-state index in [1.807, 2.05) is 31.3 Å². The minimum absolute atomic E-state index is 0.785. The van der Waals surface area contributed by atoms with Crippen LogP contribution in [0, 0.1) is 6.92 Å². The molecule has 1 aromatic heterocycles. The molecule has 1 aromatic carbocycles. The molecule has 16 heavy (non-hydrogen) atoms. The Morgan fingerprint density at radius 2 is 2.25 bits per heavy atom. The molecule has 1 N–H and O–H groups in total. The maximum absolute atomic E-state index is 5.91. The molecule has 2 rings (SSSR count). The second-order valence-electron chi connectivity index (χ2n) is 3.58. The largest absolute Gasteiger partial charge is 0.308 e. The van der Waals surface area contributed by atoms with Crippen molar-refractivity contribution in [2.45, 2.75) is 20.0 Å². The second kappa shape index (κ2) is 5.43. The lowest BCUT2D eigenvalue weighted by Crippen LogP contribution is -2.11. The molecule has 0 aliphatic rings. The molecule has 0 radical (unpaired) electrons. The second-order valence-corrected chi connectivity index (χ2v) is 5.33. The number of aromatic nitrogens is 1. The minimum atomic E-state index is 0.785. The maximum Gasteiger partial charge on any atom is 0.0897 e. The zero-order valence-corrected chi connectivity index (χ0v) is 10.6. The van der Waals surface area contributed by atoms with Gasteiger partial charge in [0.05, 0.1) is 5.01 Å². The number of nitrogens with zero attached hydrogens (tertiary/aromatic N) is 1. The third-order valence-electron chi connectivity index (χ3n) is 2.19. The smallest absolute Gasteiger partial charge is 0.0897 e. The van der Waals surface area contributed by atoms with Crippen LogP contribution in [0.1, 0.15) is 15.4 Å². The lowest BCUT2D eigenvalue weighted by Gasteiger charge is -2.03. The summed E-state index contributed by atoms with van der Waals surface area (Å²) in [7, 11) is 0. The molecular weight excluding hydrogens is 240 g/mol. The summed E-state index contributed by atoms with van der Waals surface area (Å²) in [6.45, 7) is 3.71. The molecule has 0 saturated heterocycles.